The average molecular weight is 300 g/mol. The van der Waals surface area contributed by atoms with Gasteiger partial charge in [-0.3, -0.25) is 4.99 Å². The molecule has 0 unspecified atom stereocenters. The summed E-state index contributed by atoms with van der Waals surface area (Å²) in [7, 11) is 1.68. The summed E-state index contributed by atoms with van der Waals surface area (Å²) in [4.78, 5) is 4.53. The van der Waals surface area contributed by atoms with Crippen LogP contribution in [0.1, 0.15) is 24.1 Å². The van der Waals surface area contributed by atoms with Gasteiger partial charge in [0.15, 0.2) is 5.17 Å². The molecule has 2 N–H and O–H groups in total. The smallest absolute Gasteiger partial charge is 0.154 e. The van der Waals surface area contributed by atoms with Gasteiger partial charge >= 0.3 is 0 Å². The molecule has 2 rings (SSSR count). The zero-order valence-electron chi connectivity index (χ0n) is 12.3. The Morgan fingerprint density at radius 1 is 1.14 bits per heavy atom. The van der Waals surface area contributed by atoms with E-state index in [2.05, 4.69) is 17.1 Å². The van der Waals surface area contributed by atoms with Gasteiger partial charge in [0, 0.05) is 11.3 Å². The van der Waals surface area contributed by atoms with Crippen molar-refractivity contribution in [3.05, 3.63) is 65.7 Å². The Hall–Kier alpha value is -1.94. The molecule has 2 aromatic carbocycles. The van der Waals surface area contributed by atoms with Crippen LogP contribution < -0.4 is 10.5 Å². The molecule has 0 aliphatic heterocycles. The van der Waals surface area contributed by atoms with E-state index in [1.165, 1.54) is 17.3 Å². The van der Waals surface area contributed by atoms with E-state index in [1.54, 1.807) is 7.11 Å². The average Bonchev–Trinajstić information content (AvgIpc) is 2.54. The van der Waals surface area contributed by atoms with E-state index in [1.807, 2.05) is 49.4 Å². The van der Waals surface area contributed by atoms with Gasteiger partial charge in [-0.25, -0.2) is 0 Å². The van der Waals surface area contributed by atoms with Crippen molar-refractivity contribution in [2.45, 2.75) is 18.7 Å². The minimum absolute atomic E-state index is 0.0661. The number of ether oxygens (including phenoxy) is 1. The van der Waals surface area contributed by atoms with E-state index >= 15 is 0 Å². The standard InChI is InChI=1S/C17H20N2OS/c1-13(14-8-4-3-5-9-14)19-17(18)21-12-15-10-6-7-11-16(15)20-2/h3-11,13H,12H2,1-2H3,(H2,18,19)/t13-/m1/s1. The lowest BCUT2D eigenvalue weighted by atomic mass is 10.1. The molecule has 0 fully saturated rings. The largest absolute Gasteiger partial charge is 0.496 e. The van der Waals surface area contributed by atoms with Crippen molar-refractivity contribution in [1.82, 2.24) is 0 Å². The molecule has 0 aliphatic carbocycles. The van der Waals surface area contributed by atoms with E-state index in [-0.39, 0.29) is 6.04 Å². The van der Waals surface area contributed by atoms with Crippen molar-refractivity contribution in [2.24, 2.45) is 10.7 Å². The fraction of sp³-hybridized carbons (Fsp3) is 0.235. The van der Waals surface area contributed by atoms with Crippen LogP contribution in [0.15, 0.2) is 59.6 Å². The topological polar surface area (TPSA) is 47.6 Å². The van der Waals surface area contributed by atoms with Crippen LogP contribution in [0.2, 0.25) is 0 Å². The van der Waals surface area contributed by atoms with Crippen LogP contribution in [-0.4, -0.2) is 12.3 Å². The number of nitrogens with zero attached hydrogens (tertiary/aromatic N) is 1. The fourth-order valence-corrected chi connectivity index (χ4v) is 2.78. The Morgan fingerprint density at radius 3 is 2.52 bits per heavy atom. The van der Waals surface area contributed by atoms with Crippen LogP contribution in [0.4, 0.5) is 0 Å². The fourth-order valence-electron chi connectivity index (χ4n) is 2.01. The van der Waals surface area contributed by atoms with Crippen LogP contribution in [0, 0.1) is 0 Å². The Balaban J connectivity index is 1.98. The second-order valence-electron chi connectivity index (χ2n) is 4.65. The zero-order chi connectivity index (χ0) is 15.1. The Kier molecular flexibility index (Phi) is 5.69. The molecule has 0 aromatic heterocycles. The van der Waals surface area contributed by atoms with Crippen molar-refractivity contribution in [1.29, 1.82) is 0 Å². The van der Waals surface area contributed by atoms with Gasteiger partial charge in [0.1, 0.15) is 5.75 Å². The highest BCUT2D eigenvalue weighted by Crippen LogP contribution is 2.24. The maximum Gasteiger partial charge on any atom is 0.154 e. The highest BCUT2D eigenvalue weighted by Gasteiger charge is 2.06. The summed E-state index contributed by atoms with van der Waals surface area (Å²) >= 11 is 1.53. The molecule has 0 aliphatic rings. The predicted octanol–water partition coefficient (Wildman–Crippen LogP) is 4.00. The lowest BCUT2D eigenvalue weighted by Crippen LogP contribution is -2.09. The third-order valence-electron chi connectivity index (χ3n) is 3.17. The zero-order valence-corrected chi connectivity index (χ0v) is 13.1. The third-order valence-corrected chi connectivity index (χ3v) is 4.03. The number of nitrogens with two attached hydrogens (primary N) is 1. The highest BCUT2D eigenvalue weighted by molar-refractivity contribution is 8.13. The molecule has 110 valence electrons. The number of thioether (sulfide) groups is 1. The highest BCUT2D eigenvalue weighted by atomic mass is 32.2. The van der Waals surface area contributed by atoms with E-state index in [0.717, 1.165) is 17.1 Å². The minimum Gasteiger partial charge on any atom is -0.496 e. The van der Waals surface area contributed by atoms with Gasteiger partial charge in [-0.15, -0.1) is 0 Å². The first-order valence-corrected chi connectivity index (χ1v) is 7.82. The number of methoxy groups -OCH3 is 1. The molecule has 0 radical (unpaired) electrons. The summed E-state index contributed by atoms with van der Waals surface area (Å²) in [5.74, 6) is 1.63. The lowest BCUT2D eigenvalue weighted by molar-refractivity contribution is 0.411. The predicted molar refractivity (Wildman–Crippen MR) is 90.8 cm³/mol. The van der Waals surface area contributed by atoms with Crippen LogP contribution in [0.25, 0.3) is 0 Å². The number of para-hydroxylation sites is 1. The van der Waals surface area contributed by atoms with Gasteiger partial charge in [0.2, 0.25) is 0 Å². The quantitative estimate of drug-likeness (QED) is 0.670. The monoisotopic (exact) mass is 300 g/mol. The second kappa shape index (κ2) is 7.74. The molecule has 1 atom stereocenters. The summed E-state index contributed by atoms with van der Waals surface area (Å²) in [5.41, 5.74) is 8.31. The van der Waals surface area contributed by atoms with Gasteiger partial charge in [-0.2, -0.15) is 0 Å². The number of aliphatic imine (C=N–C) groups is 1. The van der Waals surface area contributed by atoms with Crippen molar-refractivity contribution in [2.75, 3.05) is 7.11 Å². The molecule has 0 bridgehead atoms. The van der Waals surface area contributed by atoms with Crippen molar-refractivity contribution >= 4 is 16.9 Å². The van der Waals surface area contributed by atoms with Gasteiger partial charge in [-0.1, -0.05) is 60.3 Å². The van der Waals surface area contributed by atoms with Crippen LogP contribution >= 0.6 is 11.8 Å². The summed E-state index contributed by atoms with van der Waals surface area (Å²) < 4.78 is 5.33. The minimum atomic E-state index is 0.0661. The first-order valence-electron chi connectivity index (χ1n) is 6.83. The lowest BCUT2D eigenvalue weighted by Gasteiger charge is -2.10. The Morgan fingerprint density at radius 2 is 1.81 bits per heavy atom. The molecule has 4 heteroatoms. The van der Waals surface area contributed by atoms with Crippen molar-refractivity contribution in [3.8, 4) is 5.75 Å². The Labute approximate surface area is 130 Å². The summed E-state index contributed by atoms with van der Waals surface area (Å²) in [5, 5.41) is 0.595. The van der Waals surface area contributed by atoms with Crippen molar-refractivity contribution < 1.29 is 4.74 Å². The maximum atomic E-state index is 6.02. The maximum absolute atomic E-state index is 6.02. The molecule has 0 amide bonds. The van der Waals surface area contributed by atoms with E-state index < -0.39 is 0 Å². The normalized spacial score (nSPS) is 13.0. The first-order chi connectivity index (χ1) is 10.2. The SMILES string of the molecule is COc1ccccc1CSC(N)=N[C@H](C)c1ccccc1. The molecule has 21 heavy (non-hydrogen) atoms. The molecule has 0 saturated carbocycles. The Bertz CT molecular complexity index is 599. The summed E-state index contributed by atoms with van der Waals surface area (Å²) in [6.07, 6.45) is 0. The van der Waals surface area contributed by atoms with Gasteiger partial charge < -0.3 is 10.5 Å². The van der Waals surface area contributed by atoms with Gasteiger partial charge in [0.05, 0.1) is 13.2 Å². The number of amidine groups is 1. The summed E-state index contributed by atoms with van der Waals surface area (Å²) in [6.45, 7) is 2.05. The van der Waals surface area contributed by atoms with E-state index in [4.69, 9.17) is 10.5 Å². The molecule has 0 heterocycles. The molecule has 2 aromatic rings. The van der Waals surface area contributed by atoms with Gasteiger partial charge in [-0.05, 0) is 18.6 Å². The molecule has 0 spiro atoms. The first kappa shape index (κ1) is 15.4. The number of hydrogen-bond donors (Lipinski definition) is 1. The third kappa shape index (κ3) is 4.53. The molecule has 0 saturated heterocycles. The molecular formula is C17H20N2OS. The molecular weight excluding hydrogens is 280 g/mol. The van der Waals surface area contributed by atoms with Crippen LogP contribution in [0.5, 0.6) is 5.75 Å². The molecule has 3 nitrogen and oxygen atoms in total. The van der Waals surface area contributed by atoms with Crippen LogP contribution in [0.3, 0.4) is 0 Å². The van der Waals surface area contributed by atoms with Crippen molar-refractivity contribution in [3.63, 3.8) is 0 Å². The second-order valence-corrected chi connectivity index (χ2v) is 5.65. The number of rotatable bonds is 5. The van der Waals surface area contributed by atoms with Crippen LogP contribution in [-0.2, 0) is 5.75 Å². The van der Waals surface area contributed by atoms with Gasteiger partial charge in [0.25, 0.3) is 0 Å². The number of benzene rings is 2. The number of hydrogen-bond acceptors (Lipinski definition) is 3. The van der Waals surface area contributed by atoms with E-state index in [9.17, 15) is 0 Å². The summed E-state index contributed by atoms with van der Waals surface area (Å²) in [6, 6.07) is 18.2. The van der Waals surface area contributed by atoms with E-state index in [0.29, 0.717) is 5.17 Å².